The Labute approximate surface area is 188 Å². The van der Waals surface area contributed by atoms with Crippen LogP contribution in [0.25, 0.3) is 11.4 Å². The minimum absolute atomic E-state index is 0.0192. The predicted molar refractivity (Wildman–Crippen MR) is 119 cm³/mol. The minimum Gasteiger partial charge on any atom is -0.464 e. The van der Waals surface area contributed by atoms with Crippen molar-refractivity contribution < 1.29 is 9.53 Å². The topological polar surface area (TPSA) is 89.9 Å². The van der Waals surface area contributed by atoms with Crippen molar-refractivity contribution in [2.45, 2.75) is 68.6 Å². The molecule has 7 nitrogen and oxygen atoms in total. The highest BCUT2D eigenvalue weighted by atomic mass is 16.5. The van der Waals surface area contributed by atoms with E-state index in [2.05, 4.69) is 15.3 Å². The average Bonchev–Trinajstić information content (AvgIpc) is 3.33. The lowest BCUT2D eigenvalue weighted by atomic mass is 9.71. The zero-order chi connectivity index (χ0) is 21.8. The Morgan fingerprint density at radius 3 is 2.66 bits per heavy atom. The molecule has 32 heavy (non-hydrogen) atoms. The van der Waals surface area contributed by atoms with Gasteiger partial charge < -0.3 is 10.1 Å². The van der Waals surface area contributed by atoms with Gasteiger partial charge in [-0.25, -0.2) is 24.7 Å². The number of rotatable bonds is 4. The lowest BCUT2D eigenvalue weighted by molar-refractivity contribution is 0.0593. The number of methoxy groups -OCH3 is 1. The number of piperidine rings is 1. The van der Waals surface area contributed by atoms with Crippen molar-refractivity contribution in [3.05, 3.63) is 35.7 Å². The largest absolute Gasteiger partial charge is 0.464 e. The van der Waals surface area contributed by atoms with E-state index >= 15 is 0 Å². The third-order valence-electron chi connectivity index (χ3n) is 8.64. The van der Waals surface area contributed by atoms with Crippen LogP contribution in [-0.2, 0) is 15.6 Å². The molecule has 4 unspecified atom stereocenters. The van der Waals surface area contributed by atoms with Crippen LogP contribution in [0.2, 0.25) is 0 Å². The number of esters is 1. The fourth-order valence-corrected chi connectivity index (χ4v) is 7.11. The van der Waals surface area contributed by atoms with Crippen LogP contribution in [-0.4, -0.2) is 46.1 Å². The van der Waals surface area contributed by atoms with E-state index in [0.717, 1.165) is 62.6 Å². The molecule has 3 heterocycles. The molecule has 168 valence electrons. The van der Waals surface area contributed by atoms with Crippen LogP contribution >= 0.6 is 0 Å². The van der Waals surface area contributed by atoms with Crippen molar-refractivity contribution >= 4 is 5.97 Å². The molecule has 2 aromatic heterocycles. The molecular formula is C25H31N5O2. The number of nitrogens with zero attached hydrogens (tertiary/aromatic N) is 4. The summed E-state index contributed by atoms with van der Waals surface area (Å²) < 4.78 is 5.24. The van der Waals surface area contributed by atoms with Crippen LogP contribution in [0.4, 0.5) is 0 Å². The molecule has 3 aliphatic carbocycles. The molecule has 0 aromatic carbocycles. The van der Waals surface area contributed by atoms with Crippen LogP contribution in [0.3, 0.4) is 0 Å². The Balaban J connectivity index is 1.60. The predicted octanol–water partition coefficient (Wildman–Crippen LogP) is 3.58. The van der Waals surface area contributed by atoms with Gasteiger partial charge in [0.25, 0.3) is 0 Å². The third-order valence-corrected chi connectivity index (χ3v) is 8.64. The first kappa shape index (κ1) is 20.2. The first-order valence-corrected chi connectivity index (χ1v) is 12.1. The summed E-state index contributed by atoms with van der Waals surface area (Å²) in [4.78, 5) is 32.5. The van der Waals surface area contributed by atoms with Gasteiger partial charge in [-0.1, -0.05) is 12.8 Å². The zero-order valence-electron chi connectivity index (χ0n) is 18.8. The van der Waals surface area contributed by atoms with E-state index < -0.39 is 5.97 Å². The summed E-state index contributed by atoms with van der Waals surface area (Å²) in [5, 5.41) is 3.60. The summed E-state index contributed by atoms with van der Waals surface area (Å²) in [7, 11) is 1.43. The maximum Gasteiger partial charge on any atom is 0.357 e. The van der Waals surface area contributed by atoms with E-state index in [0.29, 0.717) is 23.0 Å². The number of carbonyl (C=O) groups excluding carboxylic acids is 1. The fourth-order valence-electron chi connectivity index (χ4n) is 7.11. The maximum atomic E-state index is 13.1. The van der Waals surface area contributed by atoms with E-state index in [-0.39, 0.29) is 10.8 Å². The van der Waals surface area contributed by atoms with Crippen molar-refractivity contribution in [1.29, 1.82) is 0 Å². The summed E-state index contributed by atoms with van der Waals surface area (Å²) in [6.07, 6.45) is 13.9. The van der Waals surface area contributed by atoms with Gasteiger partial charge in [0.05, 0.1) is 18.4 Å². The molecule has 0 amide bonds. The van der Waals surface area contributed by atoms with Crippen LogP contribution in [0, 0.1) is 11.8 Å². The van der Waals surface area contributed by atoms with Crippen molar-refractivity contribution in [2.24, 2.45) is 11.8 Å². The molecular weight excluding hydrogens is 402 g/mol. The molecule has 4 bridgehead atoms. The Morgan fingerprint density at radius 1 is 1.03 bits per heavy atom. The molecule has 2 aromatic rings. The molecule has 0 spiro atoms. The second kappa shape index (κ2) is 7.58. The molecule has 3 saturated carbocycles. The number of ether oxygens (including phenoxy) is 1. The fraction of sp³-hybridized carbons (Fsp3) is 0.640. The Morgan fingerprint density at radius 2 is 1.81 bits per heavy atom. The van der Waals surface area contributed by atoms with Crippen molar-refractivity contribution in [2.75, 3.05) is 20.2 Å². The monoisotopic (exact) mass is 433 g/mol. The summed E-state index contributed by atoms with van der Waals surface area (Å²) in [6.45, 7) is 1.94. The Bertz CT molecular complexity index is 1040. The molecule has 6 rings (SSSR count). The van der Waals surface area contributed by atoms with Gasteiger partial charge in [-0.15, -0.1) is 0 Å². The second-order valence-electron chi connectivity index (χ2n) is 10.5. The maximum absolute atomic E-state index is 13.1. The first-order valence-electron chi connectivity index (χ1n) is 12.1. The van der Waals surface area contributed by atoms with Gasteiger partial charge in [-0.05, 0) is 69.4 Å². The molecule has 4 aliphatic rings. The summed E-state index contributed by atoms with van der Waals surface area (Å²) in [5.74, 6) is 2.35. The van der Waals surface area contributed by atoms with E-state index in [1.807, 2.05) is 0 Å². The van der Waals surface area contributed by atoms with Gasteiger partial charge in [0.15, 0.2) is 11.5 Å². The van der Waals surface area contributed by atoms with E-state index in [1.54, 1.807) is 18.5 Å². The van der Waals surface area contributed by atoms with Crippen LogP contribution in [0.15, 0.2) is 18.5 Å². The molecule has 1 saturated heterocycles. The highest BCUT2D eigenvalue weighted by Gasteiger charge is 2.50. The number of hydrogen-bond acceptors (Lipinski definition) is 7. The number of fused-ring (bicyclic) bond motifs is 4. The Hall–Kier alpha value is -2.41. The van der Waals surface area contributed by atoms with E-state index in [4.69, 9.17) is 14.7 Å². The van der Waals surface area contributed by atoms with E-state index in [9.17, 15) is 4.79 Å². The SMILES string of the molecule is COC(=O)c1nc(C23CCC(CNC2)C3)nc(C23CCCC(CC2)C3)c1-c1ncccn1. The van der Waals surface area contributed by atoms with Crippen LogP contribution in [0.5, 0.6) is 0 Å². The summed E-state index contributed by atoms with van der Waals surface area (Å²) in [5.41, 5.74) is 1.91. The normalized spacial score (nSPS) is 33.3. The number of nitrogens with one attached hydrogen (secondary N) is 1. The van der Waals surface area contributed by atoms with Crippen LogP contribution in [0.1, 0.15) is 79.8 Å². The molecule has 4 atom stereocenters. The quantitative estimate of drug-likeness (QED) is 0.737. The smallest absolute Gasteiger partial charge is 0.357 e. The molecule has 1 N–H and O–H groups in total. The average molecular weight is 434 g/mol. The lowest BCUT2D eigenvalue weighted by Crippen LogP contribution is -2.44. The third kappa shape index (κ3) is 3.08. The molecule has 1 aliphatic heterocycles. The summed E-state index contributed by atoms with van der Waals surface area (Å²) >= 11 is 0. The van der Waals surface area contributed by atoms with E-state index in [1.165, 1.54) is 32.8 Å². The van der Waals surface area contributed by atoms with Gasteiger partial charge in [0, 0.05) is 29.8 Å². The molecule has 0 radical (unpaired) electrons. The van der Waals surface area contributed by atoms with Gasteiger partial charge in [-0.2, -0.15) is 0 Å². The number of hydrogen-bond donors (Lipinski definition) is 1. The summed E-state index contributed by atoms with van der Waals surface area (Å²) in [6, 6.07) is 1.80. The van der Waals surface area contributed by atoms with Crippen LogP contribution < -0.4 is 5.32 Å². The standard InChI is InChI=1S/C25H31N5O2/c1-32-22(31)19-18(21-27-10-3-11-28-21)20(24-7-2-4-16(12-24)5-8-24)30-23(29-19)25-9-6-17(13-25)14-26-15-25/h3,10-11,16-17,26H,2,4-9,12-15H2,1H3. The highest BCUT2D eigenvalue weighted by Crippen LogP contribution is 2.55. The van der Waals surface area contributed by atoms with Gasteiger partial charge in [0.1, 0.15) is 5.82 Å². The van der Waals surface area contributed by atoms with Crippen molar-refractivity contribution in [1.82, 2.24) is 25.3 Å². The lowest BCUT2D eigenvalue weighted by Gasteiger charge is -2.37. The highest BCUT2D eigenvalue weighted by molar-refractivity contribution is 5.95. The van der Waals surface area contributed by atoms with Gasteiger partial charge >= 0.3 is 5.97 Å². The molecule has 4 fully saturated rings. The second-order valence-corrected chi connectivity index (χ2v) is 10.5. The Kier molecular flexibility index (Phi) is 4.79. The number of carbonyl (C=O) groups is 1. The van der Waals surface area contributed by atoms with Crippen molar-refractivity contribution in [3.63, 3.8) is 0 Å². The zero-order valence-corrected chi connectivity index (χ0v) is 18.8. The van der Waals surface area contributed by atoms with Crippen molar-refractivity contribution in [3.8, 4) is 11.4 Å². The molecule has 7 heteroatoms. The van der Waals surface area contributed by atoms with Gasteiger partial charge in [-0.3, -0.25) is 0 Å². The number of aromatic nitrogens is 4. The minimum atomic E-state index is -0.422. The first-order chi connectivity index (χ1) is 15.6. The van der Waals surface area contributed by atoms with Gasteiger partial charge in [0.2, 0.25) is 0 Å².